The van der Waals surface area contributed by atoms with Gasteiger partial charge in [-0.05, 0) is 28.1 Å². The Kier molecular flexibility index (Phi) is 4.52. The van der Waals surface area contributed by atoms with Gasteiger partial charge in [-0.2, -0.15) is 0 Å². The van der Waals surface area contributed by atoms with E-state index in [4.69, 9.17) is 11.6 Å². The number of ketones is 1. The quantitative estimate of drug-likeness (QED) is 0.463. The average molecular weight is 355 g/mol. The second-order valence-corrected chi connectivity index (χ2v) is 5.38. The van der Waals surface area contributed by atoms with Crippen molar-refractivity contribution < 1.29 is 9.72 Å². The number of hydrogen-bond acceptors (Lipinski definition) is 3. The van der Waals surface area contributed by atoms with Crippen LogP contribution in [0.4, 0.5) is 5.69 Å². The molecule has 0 aliphatic heterocycles. The zero-order chi connectivity index (χ0) is 14.7. The fourth-order valence-corrected chi connectivity index (χ4v) is 2.21. The number of carbonyl (C=O) groups excluding carboxylic acids is 1. The fraction of sp³-hybridized carbons (Fsp3) is 0.0714. The van der Waals surface area contributed by atoms with Crippen LogP contribution in [0, 0.1) is 10.1 Å². The Labute approximate surface area is 128 Å². The van der Waals surface area contributed by atoms with Crippen molar-refractivity contribution in [3.05, 3.63) is 73.2 Å². The van der Waals surface area contributed by atoms with Gasteiger partial charge in [-0.15, -0.1) is 0 Å². The molecule has 0 spiro atoms. The molecular formula is C14H9BrClNO3. The first kappa shape index (κ1) is 14.7. The molecule has 2 rings (SSSR count). The number of halogens is 2. The van der Waals surface area contributed by atoms with E-state index >= 15 is 0 Å². The molecule has 0 atom stereocenters. The van der Waals surface area contributed by atoms with Crippen LogP contribution in [0.2, 0.25) is 5.02 Å². The molecule has 102 valence electrons. The zero-order valence-electron chi connectivity index (χ0n) is 10.2. The number of nitrogens with zero attached hydrogens (tertiary/aromatic N) is 1. The highest BCUT2D eigenvalue weighted by molar-refractivity contribution is 9.10. The summed E-state index contributed by atoms with van der Waals surface area (Å²) in [5, 5.41) is 11.3. The molecule has 2 aromatic carbocycles. The monoisotopic (exact) mass is 353 g/mol. The lowest BCUT2D eigenvalue weighted by Gasteiger charge is -2.04. The molecule has 0 saturated carbocycles. The molecule has 0 N–H and O–H groups in total. The predicted molar refractivity (Wildman–Crippen MR) is 80.3 cm³/mol. The van der Waals surface area contributed by atoms with E-state index in [9.17, 15) is 14.9 Å². The SMILES string of the molecule is O=C(Cc1ccccc1[N+](=O)[O-])c1ccc(Br)c(Cl)c1. The number of benzene rings is 2. The van der Waals surface area contributed by atoms with Crippen molar-refractivity contribution in [3.63, 3.8) is 0 Å². The molecule has 0 aromatic heterocycles. The molecule has 0 heterocycles. The molecule has 0 aliphatic rings. The zero-order valence-corrected chi connectivity index (χ0v) is 12.5. The van der Waals surface area contributed by atoms with E-state index in [1.165, 1.54) is 6.07 Å². The van der Waals surface area contributed by atoms with Crippen molar-refractivity contribution in [2.24, 2.45) is 0 Å². The summed E-state index contributed by atoms with van der Waals surface area (Å²) >= 11 is 9.18. The molecule has 6 heteroatoms. The van der Waals surface area contributed by atoms with Gasteiger partial charge in [0.05, 0.1) is 9.95 Å². The number of hydrogen-bond donors (Lipinski definition) is 0. The number of rotatable bonds is 4. The summed E-state index contributed by atoms with van der Waals surface area (Å²) in [5.74, 6) is -0.214. The largest absolute Gasteiger partial charge is 0.294 e. The lowest BCUT2D eigenvalue weighted by molar-refractivity contribution is -0.385. The van der Waals surface area contributed by atoms with Gasteiger partial charge in [-0.3, -0.25) is 14.9 Å². The third-order valence-electron chi connectivity index (χ3n) is 2.78. The molecule has 0 fully saturated rings. The van der Waals surface area contributed by atoms with Crippen LogP contribution in [-0.2, 0) is 6.42 Å². The van der Waals surface area contributed by atoms with E-state index in [0.29, 0.717) is 20.6 Å². The Balaban J connectivity index is 2.28. The van der Waals surface area contributed by atoms with Gasteiger partial charge >= 0.3 is 0 Å². The molecule has 0 amide bonds. The number of nitro benzene ring substituents is 1. The van der Waals surface area contributed by atoms with E-state index in [0.717, 1.165) is 0 Å². The first-order valence-electron chi connectivity index (χ1n) is 5.69. The summed E-state index contributed by atoms with van der Waals surface area (Å²) in [6.07, 6.45) is -0.0326. The highest BCUT2D eigenvalue weighted by Gasteiger charge is 2.16. The van der Waals surface area contributed by atoms with Crippen LogP contribution < -0.4 is 0 Å². The summed E-state index contributed by atoms with van der Waals surface area (Å²) in [4.78, 5) is 22.6. The summed E-state index contributed by atoms with van der Waals surface area (Å²) in [5.41, 5.74) is 0.766. The minimum Gasteiger partial charge on any atom is -0.294 e. The number of carbonyl (C=O) groups is 1. The third kappa shape index (κ3) is 3.23. The predicted octanol–water partition coefficient (Wildman–Crippen LogP) is 4.44. The maximum Gasteiger partial charge on any atom is 0.273 e. The van der Waals surface area contributed by atoms with Gasteiger partial charge < -0.3 is 0 Å². The van der Waals surface area contributed by atoms with Gasteiger partial charge in [-0.1, -0.05) is 35.9 Å². The molecule has 2 aromatic rings. The van der Waals surface area contributed by atoms with Crippen molar-refractivity contribution in [1.29, 1.82) is 0 Å². The highest BCUT2D eigenvalue weighted by atomic mass is 79.9. The Bertz CT molecular complexity index is 688. The van der Waals surface area contributed by atoms with E-state index in [1.807, 2.05) is 0 Å². The Morgan fingerprint density at radius 2 is 1.95 bits per heavy atom. The van der Waals surface area contributed by atoms with Crippen LogP contribution in [0.25, 0.3) is 0 Å². The average Bonchev–Trinajstić information content (AvgIpc) is 2.42. The number of Topliss-reactive ketones (excluding diaryl/α,β-unsaturated/α-hetero) is 1. The normalized spacial score (nSPS) is 10.3. The van der Waals surface area contributed by atoms with Crippen LogP contribution >= 0.6 is 27.5 Å². The summed E-state index contributed by atoms with van der Waals surface area (Å²) < 4.78 is 0.696. The van der Waals surface area contributed by atoms with Gasteiger partial charge in [-0.25, -0.2) is 0 Å². The molecule has 0 unspecified atom stereocenters. The first-order chi connectivity index (χ1) is 9.49. The Morgan fingerprint density at radius 1 is 1.25 bits per heavy atom. The minimum atomic E-state index is -0.489. The molecule has 0 radical (unpaired) electrons. The molecule has 0 aliphatic carbocycles. The summed E-state index contributed by atoms with van der Waals surface area (Å²) in [7, 11) is 0. The second kappa shape index (κ2) is 6.15. The maximum absolute atomic E-state index is 12.2. The number of nitro groups is 1. The lowest BCUT2D eigenvalue weighted by Crippen LogP contribution is -2.05. The van der Waals surface area contributed by atoms with E-state index in [1.54, 1.807) is 36.4 Å². The van der Waals surface area contributed by atoms with Gasteiger partial charge in [0.25, 0.3) is 5.69 Å². The van der Waals surface area contributed by atoms with E-state index in [-0.39, 0.29) is 17.9 Å². The van der Waals surface area contributed by atoms with Crippen LogP contribution in [0.5, 0.6) is 0 Å². The smallest absolute Gasteiger partial charge is 0.273 e. The van der Waals surface area contributed by atoms with Crippen LogP contribution in [0.15, 0.2) is 46.9 Å². The standard InChI is InChI=1S/C14H9BrClNO3/c15-11-6-5-10(7-12(11)16)14(18)8-9-3-1-2-4-13(9)17(19)20/h1-7H,8H2. The van der Waals surface area contributed by atoms with Crippen molar-refractivity contribution in [2.45, 2.75) is 6.42 Å². The molecular weight excluding hydrogens is 346 g/mol. The first-order valence-corrected chi connectivity index (χ1v) is 6.86. The van der Waals surface area contributed by atoms with Gasteiger partial charge in [0.1, 0.15) is 0 Å². The molecule has 0 saturated heterocycles. The highest BCUT2D eigenvalue weighted by Crippen LogP contribution is 2.25. The van der Waals surface area contributed by atoms with Crippen molar-refractivity contribution >= 4 is 39.0 Å². The number of para-hydroxylation sites is 1. The van der Waals surface area contributed by atoms with Gasteiger partial charge in [0.2, 0.25) is 0 Å². The molecule has 0 bridgehead atoms. The Morgan fingerprint density at radius 3 is 2.60 bits per heavy atom. The summed E-state index contributed by atoms with van der Waals surface area (Å²) in [6.45, 7) is 0. The van der Waals surface area contributed by atoms with Crippen LogP contribution in [-0.4, -0.2) is 10.7 Å². The third-order valence-corrected chi connectivity index (χ3v) is 4.01. The van der Waals surface area contributed by atoms with E-state index < -0.39 is 4.92 Å². The van der Waals surface area contributed by atoms with Crippen molar-refractivity contribution in [3.8, 4) is 0 Å². The maximum atomic E-state index is 12.2. The Hall–Kier alpha value is -1.72. The fourth-order valence-electron chi connectivity index (χ4n) is 1.78. The lowest BCUT2D eigenvalue weighted by atomic mass is 10.0. The molecule has 4 nitrogen and oxygen atoms in total. The topological polar surface area (TPSA) is 60.2 Å². The summed E-state index contributed by atoms with van der Waals surface area (Å²) in [6, 6.07) is 11.1. The van der Waals surface area contributed by atoms with Crippen molar-refractivity contribution in [2.75, 3.05) is 0 Å². The van der Waals surface area contributed by atoms with Crippen molar-refractivity contribution in [1.82, 2.24) is 0 Å². The van der Waals surface area contributed by atoms with Gasteiger partial charge in [0.15, 0.2) is 5.78 Å². The van der Waals surface area contributed by atoms with Crippen LogP contribution in [0.3, 0.4) is 0 Å². The second-order valence-electron chi connectivity index (χ2n) is 4.11. The minimum absolute atomic E-state index is 0.0326. The molecule has 20 heavy (non-hydrogen) atoms. The van der Waals surface area contributed by atoms with Crippen LogP contribution in [0.1, 0.15) is 15.9 Å². The van der Waals surface area contributed by atoms with Gasteiger partial charge in [0, 0.05) is 28.1 Å². The van der Waals surface area contributed by atoms with E-state index in [2.05, 4.69) is 15.9 Å².